The van der Waals surface area contributed by atoms with E-state index in [2.05, 4.69) is 38.1 Å². The van der Waals surface area contributed by atoms with E-state index in [0.29, 0.717) is 43.3 Å². The van der Waals surface area contributed by atoms with Gasteiger partial charge in [0.15, 0.2) is 0 Å². The maximum Gasteiger partial charge on any atom is 0.253 e. The quantitative estimate of drug-likeness (QED) is 0.650. The van der Waals surface area contributed by atoms with E-state index in [9.17, 15) is 13.2 Å². The zero-order valence-electron chi connectivity index (χ0n) is 22.3. The highest BCUT2D eigenvalue weighted by atomic mass is 32.2. The second kappa shape index (κ2) is 11.8. The molecule has 198 valence electrons. The highest BCUT2D eigenvalue weighted by Crippen LogP contribution is 2.24. The van der Waals surface area contributed by atoms with Gasteiger partial charge < -0.3 is 15.4 Å². The Balaban J connectivity index is 2.00. The number of sulfonamides is 1. The van der Waals surface area contributed by atoms with Gasteiger partial charge in [-0.1, -0.05) is 38.1 Å². The Morgan fingerprint density at radius 3 is 2.56 bits per heavy atom. The average molecular weight is 516 g/mol. The summed E-state index contributed by atoms with van der Waals surface area (Å²) >= 11 is 0. The third-order valence-electron chi connectivity index (χ3n) is 6.54. The number of carbonyl (C=O) groups is 1. The third kappa shape index (κ3) is 8.05. The highest BCUT2D eigenvalue weighted by Gasteiger charge is 2.23. The normalized spacial score (nSPS) is 20.0. The number of aryl methyl sites for hydroxylation is 1. The minimum absolute atomic E-state index is 0.0924. The van der Waals surface area contributed by atoms with Gasteiger partial charge in [0.25, 0.3) is 5.91 Å². The lowest BCUT2D eigenvalue weighted by Gasteiger charge is -2.27. The van der Waals surface area contributed by atoms with Crippen molar-refractivity contribution in [3.05, 3.63) is 64.7 Å². The second-order valence-corrected chi connectivity index (χ2v) is 12.9. The molecular weight excluding hydrogens is 474 g/mol. The molecule has 1 unspecified atom stereocenters. The van der Waals surface area contributed by atoms with Crippen LogP contribution in [-0.2, 0) is 34.2 Å². The number of amides is 1. The molecule has 0 saturated carbocycles. The van der Waals surface area contributed by atoms with E-state index >= 15 is 0 Å². The van der Waals surface area contributed by atoms with Crippen molar-refractivity contribution in [1.82, 2.24) is 4.90 Å². The monoisotopic (exact) mass is 515 g/mol. The first-order valence-corrected chi connectivity index (χ1v) is 14.5. The summed E-state index contributed by atoms with van der Waals surface area (Å²) in [5.41, 5.74) is 10.0. The summed E-state index contributed by atoms with van der Waals surface area (Å²) in [5.74, 6) is 0.372. The van der Waals surface area contributed by atoms with Crippen molar-refractivity contribution < 1.29 is 17.9 Å². The molecule has 1 aliphatic rings. The van der Waals surface area contributed by atoms with Gasteiger partial charge in [0.1, 0.15) is 0 Å². The molecule has 1 amide bonds. The lowest BCUT2D eigenvalue weighted by atomic mass is 9.93. The Bertz CT molecular complexity index is 1160. The van der Waals surface area contributed by atoms with Gasteiger partial charge in [0, 0.05) is 31.2 Å². The van der Waals surface area contributed by atoms with Crippen molar-refractivity contribution >= 4 is 21.6 Å². The molecule has 3 rings (SSSR count). The number of anilines is 1. The van der Waals surface area contributed by atoms with Crippen molar-refractivity contribution in [1.29, 1.82) is 0 Å². The topological polar surface area (TPSA) is 92.9 Å². The molecule has 0 saturated heterocycles. The number of hydrogen-bond acceptors (Lipinski definition) is 5. The van der Waals surface area contributed by atoms with Crippen LogP contribution in [0.5, 0.6) is 0 Å². The van der Waals surface area contributed by atoms with Crippen LogP contribution < -0.4 is 10.0 Å². The first-order valence-electron chi connectivity index (χ1n) is 12.7. The van der Waals surface area contributed by atoms with Gasteiger partial charge >= 0.3 is 0 Å². The molecule has 2 aromatic rings. The Morgan fingerprint density at radius 2 is 1.86 bits per heavy atom. The van der Waals surface area contributed by atoms with Crippen molar-refractivity contribution in [2.45, 2.75) is 58.6 Å². The van der Waals surface area contributed by atoms with E-state index in [4.69, 9.17) is 10.5 Å². The smallest absolute Gasteiger partial charge is 0.253 e. The van der Waals surface area contributed by atoms with Gasteiger partial charge in [-0.15, -0.1) is 0 Å². The van der Waals surface area contributed by atoms with Crippen molar-refractivity contribution in [3.63, 3.8) is 0 Å². The number of nitrogens with zero attached hydrogens (tertiary/aromatic N) is 2. The van der Waals surface area contributed by atoms with Crippen LogP contribution in [-0.4, -0.2) is 57.8 Å². The van der Waals surface area contributed by atoms with Crippen molar-refractivity contribution in [3.8, 4) is 0 Å². The molecule has 1 atom stereocenters. The van der Waals surface area contributed by atoms with E-state index < -0.39 is 15.6 Å². The lowest BCUT2D eigenvalue weighted by molar-refractivity contribution is 0.0740. The van der Waals surface area contributed by atoms with Gasteiger partial charge in [-0.3, -0.25) is 9.10 Å². The Morgan fingerprint density at radius 1 is 1.14 bits per heavy atom. The number of fused-ring (bicyclic) bond motifs is 4. The van der Waals surface area contributed by atoms with E-state index in [1.54, 1.807) is 12.1 Å². The second-order valence-electron chi connectivity index (χ2n) is 10.8. The summed E-state index contributed by atoms with van der Waals surface area (Å²) in [4.78, 5) is 15.6. The molecule has 1 aliphatic heterocycles. The predicted molar refractivity (Wildman–Crippen MR) is 146 cm³/mol. The van der Waals surface area contributed by atoms with Crippen molar-refractivity contribution in [2.24, 2.45) is 11.7 Å². The van der Waals surface area contributed by atoms with Crippen molar-refractivity contribution in [2.75, 3.05) is 37.3 Å². The zero-order valence-corrected chi connectivity index (χ0v) is 23.1. The lowest BCUT2D eigenvalue weighted by Crippen LogP contribution is -2.43. The fourth-order valence-corrected chi connectivity index (χ4v) is 4.94. The third-order valence-corrected chi connectivity index (χ3v) is 7.75. The Labute approximate surface area is 216 Å². The summed E-state index contributed by atoms with van der Waals surface area (Å²) in [5, 5.41) is 0. The average Bonchev–Trinajstić information content (AvgIpc) is 2.78. The van der Waals surface area contributed by atoms with E-state index in [0.717, 1.165) is 31.1 Å². The highest BCUT2D eigenvalue weighted by molar-refractivity contribution is 7.92. The first-order chi connectivity index (χ1) is 16.8. The molecule has 0 fully saturated rings. The van der Waals surface area contributed by atoms with Crippen LogP contribution in [0, 0.1) is 5.92 Å². The number of ether oxygens (including phenoxy) is 1. The van der Waals surface area contributed by atoms with Gasteiger partial charge in [0.05, 0.1) is 25.2 Å². The van der Waals surface area contributed by atoms with Gasteiger partial charge in [-0.05, 0) is 73.4 Å². The SMILES string of the molecule is CC(C)CCN1CCCc2cccc(c2)CC(C)(N)COCc2cc(cc(N(C)S(C)(=O)=O)c2)C1=O. The molecule has 1 heterocycles. The van der Waals surface area contributed by atoms with E-state index in [-0.39, 0.29) is 12.5 Å². The molecule has 4 bridgehead atoms. The maximum atomic E-state index is 13.7. The number of benzene rings is 2. The van der Waals surface area contributed by atoms with E-state index in [1.807, 2.05) is 17.9 Å². The molecule has 2 aromatic carbocycles. The summed E-state index contributed by atoms with van der Waals surface area (Å²) < 4.78 is 31.7. The van der Waals surface area contributed by atoms with Crippen LogP contribution in [0.15, 0.2) is 42.5 Å². The van der Waals surface area contributed by atoms with Crippen LogP contribution in [0.4, 0.5) is 5.69 Å². The number of hydrogen-bond donors (Lipinski definition) is 1. The fourth-order valence-electron chi connectivity index (χ4n) is 4.45. The number of rotatable bonds is 5. The largest absolute Gasteiger partial charge is 0.375 e. The molecular formula is C28H41N3O4S. The van der Waals surface area contributed by atoms with Crippen LogP contribution in [0.2, 0.25) is 0 Å². The van der Waals surface area contributed by atoms with E-state index in [1.165, 1.54) is 22.5 Å². The van der Waals surface area contributed by atoms with Gasteiger partial charge in [0.2, 0.25) is 10.0 Å². The zero-order chi connectivity index (χ0) is 26.5. The molecule has 7 nitrogen and oxygen atoms in total. The Hall–Kier alpha value is -2.42. The van der Waals surface area contributed by atoms with Crippen LogP contribution in [0.3, 0.4) is 0 Å². The standard InChI is InChI=1S/C28H41N3O4S/c1-21(2)11-13-31-12-7-10-22-8-6-9-23(14-22)18-28(3,29)20-35-19-24-15-25(27(31)32)17-26(16-24)30(4)36(5,33)34/h6,8-9,14-17,21H,7,10-13,18-20,29H2,1-5H3. The molecule has 0 radical (unpaired) electrons. The van der Waals surface area contributed by atoms with Crippen LogP contribution in [0.25, 0.3) is 0 Å². The number of nitrogens with two attached hydrogens (primary N) is 1. The summed E-state index contributed by atoms with van der Waals surface area (Å²) in [7, 11) is -2.00. The summed E-state index contributed by atoms with van der Waals surface area (Å²) in [6, 6.07) is 13.7. The first kappa shape index (κ1) is 28.2. The predicted octanol–water partition coefficient (Wildman–Crippen LogP) is 3.99. The molecule has 0 aromatic heterocycles. The maximum absolute atomic E-state index is 13.7. The van der Waals surface area contributed by atoms with Gasteiger partial charge in [-0.25, -0.2) is 8.42 Å². The molecule has 2 N–H and O–H groups in total. The summed E-state index contributed by atoms with van der Waals surface area (Å²) in [6.07, 6.45) is 4.43. The number of carbonyl (C=O) groups excluding carboxylic acids is 1. The molecule has 0 aliphatic carbocycles. The van der Waals surface area contributed by atoms with Crippen LogP contribution >= 0.6 is 0 Å². The van der Waals surface area contributed by atoms with Crippen LogP contribution in [0.1, 0.15) is 60.7 Å². The molecule has 8 heteroatoms. The van der Waals surface area contributed by atoms with Gasteiger partial charge in [-0.2, -0.15) is 0 Å². The Kier molecular flexibility index (Phi) is 9.19. The minimum Gasteiger partial charge on any atom is -0.375 e. The molecule has 0 spiro atoms. The minimum atomic E-state index is -3.49. The summed E-state index contributed by atoms with van der Waals surface area (Å²) in [6.45, 7) is 8.10. The molecule has 36 heavy (non-hydrogen) atoms. The fraction of sp³-hybridized carbons (Fsp3) is 0.536.